The van der Waals surface area contributed by atoms with E-state index in [1.165, 1.54) is 5.56 Å². The molecule has 0 spiro atoms. The van der Waals surface area contributed by atoms with Crippen LogP contribution in [0.4, 0.5) is 0 Å². The molecule has 2 heterocycles. The first-order chi connectivity index (χ1) is 11.1. The van der Waals surface area contributed by atoms with Crippen molar-refractivity contribution in [1.82, 2.24) is 15.0 Å². The Hall–Kier alpha value is -1.40. The number of aryl methyl sites for hydroxylation is 2. The maximum atomic E-state index is 12.2. The van der Waals surface area contributed by atoms with Gasteiger partial charge < -0.3 is 9.26 Å². The van der Waals surface area contributed by atoms with Crippen molar-refractivity contribution in [2.45, 2.75) is 53.1 Å². The highest BCUT2D eigenvalue weighted by Crippen LogP contribution is 2.18. The molecule has 1 aliphatic heterocycles. The average molecular weight is 323 g/mol. The van der Waals surface area contributed by atoms with E-state index in [9.17, 15) is 4.79 Å². The largest absolute Gasteiger partial charge is 0.465 e. The number of carbonyl (C=O) groups is 1. The summed E-state index contributed by atoms with van der Waals surface area (Å²) in [5.74, 6) is 0.828. The molecule has 130 valence electrons. The molecule has 1 fully saturated rings. The van der Waals surface area contributed by atoms with E-state index in [0.29, 0.717) is 6.61 Å². The molecule has 1 aliphatic rings. The first-order valence-corrected chi connectivity index (χ1v) is 8.61. The normalized spacial score (nSPS) is 18.1. The smallest absolute Gasteiger partial charge is 0.323 e. The molecule has 0 radical (unpaired) electrons. The Morgan fingerprint density at radius 2 is 1.96 bits per heavy atom. The van der Waals surface area contributed by atoms with E-state index in [-0.39, 0.29) is 12.0 Å². The van der Waals surface area contributed by atoms with Crippen LogP contribution in [0.1, 0.15) is 43.7 Å². The number of hydrogen-bond acceptors (Lipinski definition) is 6. The van der Waals surface area contributed by atoms with Gasteiger partial charge in [0.25, 0.3) is 0 Å². The van der Waals surface area contributed by atoms with Crippen LogP contribution in [0.2, 0.25) is 0 Å². The summed E-state index contributed by atoms with van der Waals surface area (Å²) in [5, 5.41) is 4.02. The zero-order valence-electron chi connectivity index (χ0n) is 14.8. The van der Waals surface area contributed by atoms with Gasteiger partial charge in [-0.3, -0.25) is 14.6 Å². The van der Waals surface area contributed by atoms with Crippen LogP contribution in [0.5, 0.6) is 0 Å². The van der Waals surface area contributed by atoms with E-state index in [1.807, 2.05) is 20.8 Å². The van der Waals surface area contributed by atoms with Gasteiger partial charge in [-0.05, 0) is 27.2 Å². The van der Waals surface area contributed by atoms with Crippen molar-refractivity contribution in [2.75, 3.05) is 32.8 Å². The maximum Gasteiger partial charge on any atom is 0.323 e. The molecular weight excluding hydrogens is 294 g/mol. The van der Waals surface area contributed by atoms with E-state index >= 15 is 0 Å². The highest BCUT2D eigenvalue weighted by molar-refractivity contribution is 5.75. The van der Waals surface area contributed by atoms with Crippen molar-refractivity contribution in [1.29, 1.82) is 0 Å². The Labute approximate surface area is 138 Å². The van der Waals surface area contributed by atoms with Crippen molar-refractivity contribution in [3.05, 3.63) is 17.0 Å². The van der Waals surface area contributed by atoms with Gasteiger partial charge in [0.15, 0.2) is 0 Å². The molecule has 1 unspecified atom stereocenters. The van der Waals surface area contributed by atoms with Crippen LogP contribution < -0.4 is 0 Å². The summed E-state index contributed by atoms with van der Waals surface area (Å²) < 4.78 is 10.5. The molecule has 6 heteroatoms. The summed E-state index contributed by atoms with van der Waals surface area (Å²) in [6.45, 7) is 12.9. The highest BCUT2D eigenvalue weighted by Gasteiger charge is 2.29. The standard InChI is InChI=1S/C17H29N3O3/c1-5-7-16(17(21)22-6-2)20-10-8-19(9-11-20)12-15-13(3)18-23-14(15)4/h16H,5-12H2,1-4H3. The van der Waals surface area contributed by atoms with Crippen LogP contribution in [-0.4, -0.2) is 59.8 Å². The monoisotopic (exact) mass is 323 g/mol. The Morgan fingerprint density at radius 1 is 1.26 bits per heavy atom. The van der Waals surface area contributed by atoms with Crippen LogP contribution in [0.25, 0.3) is 0 Å². The van der Waals surface area contributed by atoms with Gasteiger partial charge in [0, 0.05) is 38.3 Å². The molecule has 1 aromatic heterocycles. The van der Waals surface area contributed by atoms with Gasteiger partial charge in [0.1, 0.15) is 11.8 Å². The van der Waals surface area contributed by atoms with E-state index in [1.54, 1.807) is 0 Å². The van der Waals surface area contributed by atoms with Gasteiger partial charge in [-0.1, -0.05) is 18.5 Å². The Balaban J connectivity index is 1.90. The van der Waals surface area contributed by atoms with Crippen LogP contribution >= 0.6 is 0 Å². The fourth-order valence-corrected chi connectivity index (χ4v) is 3.15. The molecule has 0 aliphatic carbocycles. The van der Waals surface area contributed by atoms with E-state index < -0.39 is 0 Å². The van der Waals surface area contributed by atoms with Gasteiger partial charge in [-0.15, -0.1) is 0 Å². The molecule has 0 saturated carbocycles. The first-order valence-electron chi connectivity index (χ1n) is 8.61. The average Bonchev–Trinajstić information content (AvgIpc) is 2.85. The Kier molecular flexibility index (Phi) is 6.59. The molecular formula is C17H29N3O3. The van der Waals surface area contributed by atoms with Gasteiger partial charge in [-0.25, -0.2) is 0 Å². The van der Waals surface area contributed by atoms with E-state index in [4.69, 9.17) is 9.26 Å². The lowest BCUT2D eigenvalue weighted by molar-refractivity contribution is -0.150. The zero-order valence-corrected chi connectivity index (χ0v) is 14.8. The summed E-state index contributed by atoms with van der Waals surface area (Å²) in [6, 6.07) is -0.0961. The summed E-state index contributed by atoms with van der Waals surface area (Å²) in [7, 11) is 0. The van der Waals surface area contributed by atoms with Crippen molar-refractivity contribution in [3.8, 4) is 0 Å². The first kappa shape index (κ1) is 17.9. The lowest BCUT2D eigenvalue weighted by Gasteiger charge is -2.38. The molecule has 0 amide bonds. The van der Waals surface area contributed by atoms with Gasteiger partial charge >= 0.3 is 5.97 Å². The van der Waals surface area contributed by atoms with Crippen LogP contribution in [0, 0.1) is 13.8 Å². The number of rotatable bonds is 7. The van der Waals surface area contributed by atoms with Crippen LogP contribution in [-0.2, 0) is 16.1 Å². The zero-order chi connectivity index (χ0) is 16.8. The van der Waals surface area contributed by atoms with Crippen LogP contribution in [0.3, 0.4) is 0 Å². The summed E-state index contributed by atoms with van der Waals surface area (Å²) in [6.07, 6.45) is 1.85. The van der Waals surface area contributed by atoms with Crippen molar-refractivity contribution in [3.63, 3.8) is 0 Å². The van der Waals surface area contributed by atoms with Gasteiger partial charge in [0.2, 0.25) is 0 Å². The van der Waals surface area contributed by atoms with Gasteiger partial charge in [0.05, 0.1) is 12.3 Å². The Morgan fingerprint density at radius 3 is 2.48 bits per heavy atom. The molecule has 1 saturated heterocycles. The van der Waals surface area contributed by atoms with E-state index in [2.05, 4.69) is 21.9 Å². The Bertz CT molecular complexity index is 488. The number of ether oxygens (including phenoxy) is 1. The lowest BCUT2D eigenvalue weighted by Crippen LogP contribution is -2.52. The topological polar surface area (TPSA) is 58.8 Å². The quantitative estimate of drug-likeness (QED) is 0.717. The summed E-state index contributed by atoms with van der Waals surface area (Å²) in [4.78, 5) is 16.8. The SMILES string of the molecule is CCCC(C(=O)OCC)N1CCN(Cc2c(C)noc2C)CC1. The third-order valence-corrected chi connectivity index (χ3v) is 4.53. The number of hydrogen-bond donors (Lipinski definition) is 0. The fourth-order valence-electron chi connectivity index (χ4n) is 3.15. The minimum atomic E-state index is -0.0961. The van der Waals surface area contributed by atoms with E-state index in [0.717, 1.165) is 57.0 Å². The molecule has 6 nitrogen and oxygen atoms in total. The molecule has 1 atom stereocenters. The molecule has 23 heavy (non-hydrogen) atoms. The molecule has 0 bridgehead atoms. The molecule has 1 aromatic rings. The third-order valence-electron chi connectivity index (χ3n) is 4.53. The summed E-state index contributed by atoms with van der Waals surface area (Å²) in [5.41, 5.74) is 2.16. The predicted molar refractivity (Wildman–Crippen MR) is 88.2 cm³/mol. The molecule has 0 aromatic carbocycles. The van der Waals surface area contributed by atoms with Crippen molar-refractivity contribution < 1.29 is 14.1 Å². The van der Waals surface area contributed by atoms with Gasteiger partial charge in [-0.2, -0.15) is 0 Å². The third kappa shape index (κ3) is 4.54. The van der Waals surface area contributed by atoms with Crippen molar-refractivity contribution >= 4 is 5.97 Å². The number of carbonyl (C=O) groups excluding carboxylic acids is 1. The fraction of sp³-hybridized carbons (Fsp3) is 0.765. The maximum absolute atomic E-state index is 12.2. The second-order valence-corrected chi connectivity index (χ2v) is 6.17. The second-order valence-electron chi connectivity index (χ2n) is 6.17. The minimum absolute atomic E-state index is 0.0754. The van der Waals surface area contributed by atoms with Crippen molar-refractivity contribution in [2.24, 2.45) is 0 Å². The number of esters is 1. The molecule has 0 N–H and O–H groups in total. The second kappa shape index (κ2) is 8.45. The number of piperazine rings is 1. The predicted octanol–water partition coefficient (Wildman–Crippen LogP) is 2.14. The lowest BCUT2D eigenvalue weighted by atomic mass is 10.1. The summed E-state index contributed by atoms with van der Waals surface area (Å²) >= 11 is 0. The minimum Gasteiger partial charge on any atom is -0.465 e. The van der Waals surface area contributed by atoms with Crippen LogP contribution in [0.15, 0.2) is 4.52 Å². The molecule has 2 rings (SSSR count). The number of aromatic nitrogens is 1. The number of nitrogens with zero attached hydrogens (tertiary/aromatic N) is 3. The highest BCUT2D eigenvalue weighted by atomic mass is 16.5.